The highest BCUT2D eigenvalue weighted by Gasteiger charge is 2.41. The van der Waals surface area contributed by atoms with Gasteiger partial charge >= 0.3 is 5.97 Å². The summed E-state index contributed by atoms with van der Waals surface area (Å²) >= 11 is 6.59. The third kappa shape index (κ3) is 7.06. The van der Waals surface area contributed by atoms with Crippen LogP contribution >= 0.6 is 11.6 Å². The molecule has 1 aromatic rings. The van der Waals surface area contributed by atoms with Gasteiger partial charge in [-0.25, -0.2) is 0 Å². The van der Waals surface area contributed by atoms with Crippen LogP contribution in [0, 0.1) is 5.92 Å². The molecule has 2 rings (SSSR count). The van der Waals surface area contributed by atoms with Crippen LogP contribution in [0.3, 0.4) is 0 Å². The van der Waals surface area contributed by atoms with Gasteiger partial charge in [0.2, 0.25) is 0 Å². The van der Waals surface area contributed by atoms with Crippen molar-refractivity contribution in [2.24, 2.45) is 5.92 Å². The van der Waals surface area contributed by atoms with Crippen molar-refractivity contribution in [3.05, 3.63) is 47.5 Å². The third-order valence-electron chi connectivity index (χ3n) is 6.85. The molecule has 4 nitrogen and oxygen atoms in total. The fourth-order valence-corrected chi connectivity index (χ4v) is 5.10. The van der Waals surface area contributed by atoms with Crippen molar-refractivity contribution in [3.63, 3.8) is 0 Å². The van der Waals surface area contributed by atoms with Crippen molar-refractivity contribution in [1.82, 2.24) is 0 Å². The van der Waals surface area contributed by atoms with Crippen LogP contribution in [0.1, 0.15) is 89.2 Å². The molecular formula is C26H39ClO4. The van der Waals surface area contributed by atoms with Crippen LogP contribution in [0.5, 0.6) is 0 Å². The molecule has 1 fully saturated rings. The first-order valence-corrected chi connectivity index (χ1v) is 12.1. The minimum Gasteiger partial charge on any atom is -0.481 e. The van der Waals surface area contributed by atoms with Crippen LogP contribution in [0.4, 0.5) is 0 Å². The van der Waals surface area contributed by atoms with Gasteiger partial charge in [-0.15, -0.1) is 11.6 Å². The lowest BCUT2D eigenvalue weighted by molar-refractivity contribution is -0.137. The average molecular weight is 451 g/mol. The molecule has 0 spiro atoms. The Bertz CT molecular complexity index is 713. The fourth-order valence-electron chi connectivity index (χ4n) is 4.65. The smallest absolute Gasteiger partial charge is 0.303 e. The van der Waals surface area contributed by atoms with Crippen LogP contribution in [-0.4, -0.2) is 38.9 Å². The van der Waals surface area contributed by atoms with Gasteiger partial charge < -0.3 is 15.3 Å². The van der Waals surface area contributed by atoms with Gasteiger partial charge in [-0.2, -0.15) is 0 Å². The van der Waals surface area contributed by atoms with Crippen molar-refractivity contribution >= 4 is 17.6 Å². The Labute approximate surface area is 192 Å². The number of allylic oxidation sites excluding steroid dienone is 2. The second kappa shape index (κ2) is 12.0. The molecule has 31 heavy (non-hydrogen) atoms. The van der Waals surface area contributed by atoms with Crippen LogP contribution < -0.4 is 0 Å². The van der Waals surface area contributed by atoms with Gasteiger partial charge in [0.15, 0.2) is 0 Å². The standard InChI is InChI=1S/C26H39ClO4/c1-4-5-11-23(29)26(2,3)19-15-13-18(14-16-19)25-20(21(27)17-22(25)28)10-8-6-7-9-12-24(30)31/h6,8,13-16,20-23,25,28-29H,4-5,7,9-12,17H2,1-3H3,(H,30,31)/b8-6-/t20-,21+,22?,23?,25+/m0/s1. The molecule has 1 aliphatic carbocycles. The van der Waals surface area contributed by atoms with E-state index in [2.05, 4.69) is 51.1 Å². The predicted molar refractivity (Wildman–Crippen MR) is 127 cm³/mol. The molecule has 1 aromatic carbocycles. The molecule has 5 atom stereocenters. The highest BCUT2D eigenvalue weighted by molar-refractivity contribution is 6.21. The number of aliphatic hydroxyl groups excluding tert-OH is 2. The van der Waals surface area contributed by atoms with Gasteiger partial charge in [0.25, 0.3) is 0 Å². The summed E-state index contributed by atoms with van der Waals surface area (Å²) in [7, 11) is 0. The van der Waals surface area contributed by atoms with Gasteiger partial charge in [0.05, 0.1) is 12.2 Å². The van der Waals surface area contributed by atoms with Crippen molar-refractivity contribution in [1.29, 1.82) is 0 Å². The number of rotatable bonds is 12. The van der Waals surface area contributed by atoms with E-state index in [1.165, 1.54) is 0 Å². The lowest BCUT2D eigenvalue weighted by atomic mass is 9.76. The van der Waals surface area contributed by atoms with Gasteiger partial charge in [0.1, 0.15) is 0 Å². The van der Waals surface area contributed by atoms with Crippen LogP contribution in [0.25, 0.3) is 0 Å². The fraction of sp³-hybridized carbons (Fsp3) is 0.654. The minimum absolute atomic E-state index is 0.0200. The molecule has 0 saturated heterocycles. The number of halogens is 1. The van der Waals surface area contributed by atoms with E-state index in [4.69, 9.17) is 16.7 Å². The number of aliphatic hydroxyl groups is 2. The summed E-state index contributed by atoms with van der Waals surface area (Å²) in [5, 5.41) is 30.0. The number of carboxylic acids is 1. The van der Waals surface area contributed by atoms with Crippen LogP contribution in [0.15, 0.2) is 36.4 Å². The lowest BCUT2D eigenvalue weighted by Gasteiger charge is -2.32. The summed E-state index contributed by atoms with van der Waals surface area (Å²) < 4.78 is 0. The molecule has 1 aliphatic rings. The van der Waals surface area contributed by atoms with Gasteiger partial charge in [-0.05, 0) is 49.1 Å². The highest BCUT2D eigenvalue weighted by atomic mass is 35.5. The maximum Gasteiger partial charge on any atom is 0.303 e. The SMILES string of the molecule is CCCCC(O)C(C)(C)c1ccc([C@H]2C(O)C[C@@H](Cl)[C@@H]2C/C=C\CCCC(=O)O)cc1. The molecule has 0 radical (unpaired) electrons. The van der Waals surface area contributed by atoms with E-state index in [0.29, 0.717) is 12.8 Å². The number of benzene rings is 1. The molecule has 0 heterocycles. The summed E-state index contributed by atoms with van der Waals surface area (Å²) in [5.41, 5.74) is 1.86. The number of hydrogen-bond donors (Lipinski definition) is 3. The van der Waals surface area contributed by atoms with Crippen molar-refractivity contribution in [3.8, 4) is 0 Å². The number of carboxylic acid groups (broad SMARTS) is 1. The van der Waals surface area contributed by atoms with Crippen molar-refractivity contribution < 1.29 is 20.1 Å². The maximum atomic E-state index is 10.7. The Morgan fingerprint density at radius 3 is 2.52 bits per heavy atom. The molecule has 1 saturated carbocycles. The van der Waals surface area contributed by atoms with Crippen molar-refractivity contribution in [2.45, 2.75) is 101 Å². The predicted octanol–water partition coefficient (Wildman–Crippen LogP) is 5.79. The normalized spacial score (nSPS) is 25.2. The van der Waals surface area contributed by atoms with E-state index in [1.807, 2.05) is 6.08 Å². The Morgan fingerprint density at radius 1 is 1.23 bits per heavy atom. The van der Waals surface area contributed by atoms with E-state index >= 15 is 0 Å². The Morgan fingerprint density at radius 2 is 1.90 bits per heavy atom. The molecular weight excluding hydrogens is 412 g/mol. The quantitative estimate of drug-likeness (QED) is 0.214. The first-order chi connectivity index (χ1) is 14.7. The summed E-state index contributed by atoms with van der Waals surface area (Å²) in [4.78, 5) is 10.6. The molecule has 0 amide bonds. The zero-order chi connectivity index (χ0) is 23.0. The molecule has 0 bridgehead atoms. The second-order valence-electron chi connectivity index (χ2n) is 9.50. The second-order valence-corrected chi connectivity index (χ2v) is 10.1. The highest BCUT2D eigenvalue weighted by Crippen LogP contribution is 2.45. The molecule has 0 aliphatic heterocycles. The Kier molecular flexibility index (Phi) is 10.1. The van der Waals surface area contributed by atoms with E-state index in [9.17, 15) is 15.0 Å². The molecule has 3 N–H and O–H groups in total. The topological polar surface area (TPSA) is 77.8 Å². The van der Waals surface area contributed by atoms with Gasteiger partial charge in [-0.1, -0.05) is 70.0 Å². The Balaban J connectivity index is 2.06. The summed E-state index contributed by atoms with van der Waals surface area (Å²) in [5.74, 6) is -0.646. The molecule has 174 valence electrons. The van der Waals surface area contributed by atoms with Crippen LogP contribution in [0.2, 0.25) is 0 Å². The van der Waals surface area contributed by atoms with E-state index in [-0.39, 0.29) is 35.2 Å². The number of alkyl halides is 1. The number of aliphatic carboxylic acids is 1. The zero-order valence-corrected chi connectivity index (χ0v) is 19.9. The number of hydrogen-bond acceptors (Lipinski definition) is 3. The van der Waals surface area contributed by atoms with E-state index < -0.39 is 12.1 Å². The lowest BCUT2D eigenvalue weighted by Crippen LogP contribution is -2.33. The Hall–Kier alpha value is -1.36. The zero-order valence-electron chi connectivity index (χ0n) is 19.1. The van der Waals surface area contributed by atoms with Crippen LogP contribution in [-0.2, 0) is 10.2 Å². The third-order valence-corrected chi connectivity index (χ3v) is 7.35. The minimum atomic E-state index is -0.766. The number of unbranched alkanes of at least 4 members (excludes halogenated alkanes) is 2. The summed E-state index contributed by atoms with van der Waals surface area (Å²) in [6, 6.07) is 8.32. The monoisotopic (exact) mass is 450 g/mol. The summed E-state index contributed by atoms with van der Waals surface area (Å²) in [6.45, 7) is 6.30. The molecule has 0 aromatic heterocycles. The largest absolute Gasteiger partial charge is 0.481 e. The van der Waals surface area contributed by atoms with E-state index in [1.54, 1.807) is 0 Å². The molecule has 2 unspecified atom stereocenters. The maximum absolute atomic E-state index is 10.7. The summed E-state index contributed by atoms with van der Waals surface area (Å²) in [6.07, 6.45) is 9.02. The van der Waals surface area contributed by atoms with E-state index in [0.717, 1.165) is 43.2 Å². The molecule has 5 heteroatoms. The number of carbonyl (C=O) groups is 1. The van der Waals surface area contributed by atoms with Gasteiger partial charge in [0, 0.05) is 23.1 Å². The van der Waals surface area contributed by atoms with Crippen molar-refractivity contribution in [2.75, 3.05) is 0 Å². The average Bonchev–Trinajstić information content (AvgIpc) is 3.01. The first kappa shape index (κ1) is 25.9. The van der Waals surface area contributed by atoms with Gasteiger partial charge in [-0.3, -0.25) is 4.79 Å². The first-order valence-electron chi connectivity index (χ1n) is 11.7.